The Bertz CT molecular complexity index is 584. The fraction of sp³-hybridized carbons (Fsp3) is 0.500. The maximum absolute atomic E-state index is 9.11. The van der Waals surface area contributed by atoms with Crippen molar-refractivity contribution in [3.8, 4) is 5.69 Å². The van der Waals surface area contributed by atoms with Crippen molar-refractivity contribution < 1.29 is 5.11 Å². The minimum atomic E-state index is -0.000359. The second-order valence-corrected chi connectivity index (χ2v) is 6.95. The monoisotopic (exact) mass is 301 g/mol. The van der Waals surface area contributed by atoms with Gasteiger partial charge in [0.2, 0.25) is 0 Å². The minimum absolute atomic E-state index is 0.000359. The zero-order valence-corrected chi connectivity index (χ0v) is 14.0. The van der Waals surface area contributed by atoms with Crippen LogP contribution in [0.25, 0.3) is 5.69 Å². The summed E-state index contributed by atoms with van der Waals surface area (Å²) in [7, 11) is 0. The molecule has 2 aromatic rings. The molecule has 0 fully saturated rings. The van der Waals surface area contributed by atoms with Gasteiger partial charge in [-0.25, -0.2) is 4.68 Å². The van der Waals surface area contributed by atoms with E-state index in [2.05, 4.69) is 44.4 Å². The first-order valence-corrected chi connectivity index (χ1v) is 7.88. The number of nitrogens with one attached hydrogen (secondary N) is 1. The Hall–Kier alpha value is -1.65. The molecule has 0 saturated heterocycles. The third-order valence-corrected chi connectivity index (χ3v) is 3.64. The molecule has 0 aliphatic heterocycles. The molecule has 1 aromatic heterocycles. The zero-order valence-electron chi connectivity index (χ0n) is 14.0. The van der Waals surface area contributed by atoms with E-state index in [0.29, 0.717) is 0 Å². The molecule has 4 nitrogen and oxygen atoms in total. The lowest BCUT2D eigenvalue weighted by atomic mass is 9.89. The Morgan fingerprint density at radius 3 is 2.50 bits per heavy atom. The van der Waals surface area contributed by atoms with Gasteiger partial charge >= 0.3 is 0 Å². The van der Waals surface area contributed by atoms with E-state index < -0.39 is 0 Å². The highest BCUT2D eigenvalue weighted by atomic mass is 16.3. The second kappa shape index (κ2) is 7.07. The van der Waals surface area contributed by atoms with Crippen molar-refractivity contribution in [3.05, 3.63) is 47.8 Å². The van der Waals surface area contributed by atoms with Crippen molar-refractivity contribution in [1.82, 2.24) is 15.1 Å². The van der Waals surface area contributed by atoms with Crippen LogP contribution in [0.3, 0.4) is 0 Å². The average molecular weight is 301 g/mol. The summed E-state index contributed by atoms with van der Waals surface area (Å²) in [4.78, 5) is 0. The number of hydrogen-bond donors (Lipinski definition) is 2. The summed E-state index contributed by atoms with van der Waals surface area (Å²) in [5, 5.41) is 17.3. The molecule has 1 aromatic carbocycles. The Morgan fingerprint density at radius 1 is 1.23 bits per heavy atom. The largest absolute Gasteiger partial charge is 0.396 e. The molecule has 1 heterocycles. The van der Waals surface area contributed by atoms with Crippen LogP contribution in [0.1, 0.15) is 39.0 Å². The predicted octanol–water partition coefficient (Wildman–Crippen LogP) is 2.89. The minimum Gasteiger partial charge on any atom is -0.396 e. The van der Waals surface area contributed by atoms with Crippen LogP contribution in [0.5, 0.6) is 0 Å². The fourth-order valence-electron chi connectivity index (χ4n) is 2.40. The third kappa shape index (κ3) is 4.18. The molecule has 0 saturated carbocycles. The molecule has 0 bridgehead atoms. The van der Waals surface area contributed by atoms with Crippen LogP contribution >= 0.6 is 0 Å². The zero-order chi connectivity index (χ0) is 16.2. The first kappa shape index (κ1) is 16.7. The van der Waals surface area contributed by atoms with Crippen LogP contribution < -0.4 is 5.32 Å². The molecule has 0 spiro atoms. The Labute approximate surface area is 133 Å². The standard InChI is InChI=1S/C18H27N3O/c1-14(13-22)10-19-11-15-12-21(16-8-6-5-7-9-16)20-17(15)18(2,3)4/h5-9,12,14,19,22H,10-11,13H2,1-4H3. The van der Waals surface area contributed by atoms with Crippen molar-refractivity contribution in [2.24, 2.45) is 5.92 Å². The van der Waals surface area contributed by atoms with Crippen LogP contribution in [0.4, 0.5) is 0 Å². The van der Waals surface area contributed by atoms with Crippen LogP contribution in [-0.2, 0) is 12.0 Å². The van der Waals surface area contributed by atoms with Crippen molar-refractivity contribution >= 4 is 0 Å². The van der Waals surface area contributed by atoms with Gasteiger partial charge < -0.3 is 10.4 Å². The summed E-state index contributed by atoms with van der Waals surface area (Å²) in [5.74, 6) is 0.266. The molecule has 0 aliphatic rings. The Morgan fingerprint density at radius 2 is 1.91 bits per heavy atom. The average Bonchev–Trinajstić information content (AvgIpc) is 2.92. The number of benzene rings is 1. The molecule has 4 heteroatoms. The quantitative estimate of drug-likeness (QED) is 0.862. The summed E-state index contributed by atoms with van der Waals surface area (Å²) in [6.07, 6.45) is 2.10. The lowest BCUT2D eigenvalue weighted by Gasteiger charge is -2.18. The van der Waals surface area contributed by atoms with Crippen molar-refractivity contribution in [1.29, 1.82) is 0 Å². The maximum atomic E-state index is 9.11. The molecular formula is C18H27N3O. The van der Waals surface area contributed by atoms with Gasteiger partial charge in [-0.2, -0.15) is 5.10 Å². The number of aliphatic hydroxyl groups is 1. The Kier molecular flexibility index (Phi) is 5.37. The third-order valence-electron chi connectivity index (χ3n) is 3.64. The summed E-state index contributed by atoms with van der Waals surface area (Å²) < 4.78 is 1.95. The van der Waals surface area contributed by atoms with Gasteiger partial charge in [0, 0.05) is 36.9 Å². The van der Waals surface area contributed by atoms with Gasteiger partial charge in [0.15, 0.2) is 0 Å². The topological polar surface area (TPSA) is 50.1 Å². The van der Waals surface area contributed by atoms with E-state index in [1.54, 1.807) is 0 Å². The number of aliphatic hydroxyl groups excluding tert-OH is 1. The molecule has 0 amide bonds. The first-order chi connectivity index (χ1) is 10.4. The summed E-state index contributed by atoms with van der Waals surface area (Å²) in [6, 6.07) is 10.2. The van der Waals surface area contributed by atoms with Gasteiger partial charge in [-0.3, -0.25) is 0 Å². The Balaban J connectivity index is 2.22. The lowest BCUT2D eigenvalue weighted by Crippen LogP contribution is -2.24. The highest BCUT2D eigenvalue weighted by Gasteiger charge is 2.22. The number of para-hydroxylation sites is 1. The normalized spacial score (nSPS) is 13.3. The van der Waals surface area contributed by atoms with E-state index in [-0.39, 0.29) is 17.9 Å². The van der Waals surface area contributed by atoms with E-state index in [9.17, 15) is 0 Å². The molecule has 2 rings (SSSR count). The van der Waals surface area contributed by atoms with Crippen LogP contribution in [0.15, 0.2) is 36.5 Å². The van der Waals surface area contributed by atoms with Crippen LogP contribution in [0.2, 0.25) is 0 Å². The van der Waals surface area contributed by atoms with Gasteiger partial charge in [-0.05, 0) is 18.1 Å². The van der Waals surface area contributed by atoms with E-state index in [4.69, 9.17) is 10.2 Å². The predicted molar refractivity (Wildman–Crippen MR) is 90.2 cm³/mol. The van der Waals surface area contributed by atoms with E-state index in [1.165, 1.54) is 5.56 Å². The van der Waals surface area contributed by atoms with E-state index in [1.807, 2.05) is 29.8 Å². The molecule has 22 heavy (non-hydrogen) atoms. The second-order valence-electron chi connectivity index (χ2n) is 6.95. The highest BCUT2D eigenvalue weighted by molar-refractivity contribution is 5.34. The molecule has 2 N–H and O–H groups in total. The van der Waals surface area contributed by atoms with Crippen LogP contribution in [-0.4, -0.2) is 28.0 Å². The van der Waals surface area contributed by atoms with Crippen molar-refractivity contribution in [2.75, 3.05) is 13.2 Å². The molecule has 1 atom stereocenters. The van der Waals surface area contributed by atoms with Gasteiger partial charge in [-0.1, -0.05) is 45.9 Å². The first-order valence-electron chi connectivity index (χ1n) is 7.88. The van der Waals surface area contributed by atoms with Crippen molar-refractivity contribution in [3.63, 3.8) is 0 Å². The molecule has 0 aliphatic carbocycles. The van der Waals surface area contributed by atoms with E-state index in [0.717, 1.165) is 24.5 Å². The van der Waals surface area contributed by atoms with E-state index >= 15 is 0 Å². The maximum Gasteiger partial charge on any atom is 0.0727 e. The van der Waals surface area contributed by atoms with Gasteiger partial charge in [-0.15, -0.1) is 0 Å². The number of nitrogens with zero attached hydrogens (tertiary/aromatic N) is 2. The summed E-state index contributed by atoms with van der Waals surface area (Å²) >= 11 is 0. The van der Waals surface area contributed by atoms with Crippen LogP contribution in [0, 0.1) is 5.92 Å². The molecule has 1 unspecified atom stereocenters. The highest BCUT2D eigenvalue weighted by Crippen LogP contribution is 2.25. The molecular weight excluding hydrogens is 274 g/mol. The number of aromatic nitrogens is 2. The number of rotatable bonds is 6. The van der Waals surface area contributed by atoms with Gasteiger partial charge in [0.25, 0.3) is 0 Å². The van der Waals surface area contributed by atoms with Gasteiger partial charge in [0.1, 0.15) is 0 Å². The summed E-state index contributed by atoms with van der Waals surface area (Å²) in [5.41, 5.74) is 3.39. The number of hydrogen-bond acceptors (Lipinski definition) is 3. The smallest absolute Gasteiger partial charge is 0.0727 e. The molecule has 120 valence electrons. The fourth-order valence-corrected chi connectivity index (χ4v) is 2.40. The lowest BCUT2D eigenvalue weighted by molar-refractivity contribution is 0.233. The summed E-state index contributed by atoms with van der Waals surface area (Å²) in [6.45, 7) is 10.4. The van der Waals surface area contributed by atoms with Gasteiger partial charge in [0.05, 0.1) is 11.4 Å². The molecule has 0 radical (unpaired) electrons. The SMILES string of the molecule is CC(CO)CNCc1cn(-c2ccccc2)nc1C(C)(C)C. The van der Waals surface area contributed by atoms with Crippen molar-refractivity contribution in [2.45, 2.75) is 39.7 Å².